The van der Waals surface area contributed by atoms with Crippen LogP contribution in [0.3, 0.4) is 0 Å². The Morgan fingerprint density at radius 3 is 3.00 bits per heavy atom. The zero-order valence-corrected chi connectivity index (χ0v) is 10.9. The summed E-state index contributed by atoms with van der Waals surface area (Å²) >= 11 is 1.61. The second kappa shape index (κ2) is 5.42. The van der Waals surface area contributed by atoms with Gasteiger partial charge in [0.2, 0.25) is 0 Å². The van der Waals surface area contributed by atoms with E-state index in [1.807, 2.05) is 17.0 Å². The second-order valence-electron chi connectivity index (χ2n) is 3.88. The van der Waals surface area contributed by atoms with Crippen LogP contribution in [0.25, 0.3) is 0 Å². The maximum absolute atomic E-state index is 10.2. The molecule has 2 heterocycles. The number of aliphatic hydroxyl groups is 1. The van der Waals surface area contributed by atoms with Crippen molar-refractivity contribution in [3.8, 4) is 0 Å². The smallest absolute Gasteiger partial charge is 0.138 e. The molecule has 0 saturated heterocycles. The topological polar surface area (TPSA) is 50.9 Å². The zero-order chi connectivity index (χ0) is 12.3. The van der Waals surface area contributed by atoms with Gasteiger partial charge in [-0.3, -0.25) is 4.68 Å². The lowest BCUT2D eigenvalue weighted by Gasteiger charge is -2.10. The highest BCUT2D eigenvalue weighted by Gasteiger charge is 2.16. The summed E-state index contributed by atoms with van der Waals surface area (Å²) in [5, 5.41) is 16.4. The van der Waals surface area contributed by atoms with Crippen molar-refractivity contribution in [3.05, 3.63) is 34.0 Å². The van der Waals surface area contributed by atoms with E-state index in [0.717, 1.165) is 23.7 Å². The van der Waals surface area contributed by atoms with Crippen molar-refractivity contribution in [1.82, 2.24) is 14.8 Å². The molecule has 0 aliphatic rings. The molecule has 1 atom stereocenters. The Labute approximate surface area is 105 Å². The normalized spacial score (nSPS) is 12.9. The summed E-state index contributed by atoms with van der Waals surface area (Å²) in [6, 6.07) is 2.08. The van der Waals surface area contributed by atoms with Gasteiger partial charge in [-0.05, 0) is 30.4 Å². The van der Waals surface area contributed by atoms with Crippen molar-refractivity contribution >= 4 is 11.3 Å². The Morgan fingerprint density at radius 1 is 1.47 bits per heavy atom. The Kier molecular flexibility index (Phi) is 3.91. The van der Waals surface area contributed by atoms with Crippen molar-refractivity contribution in [3.63, 3.8) is 0 Å². The molecule has 0 amide bonds. The van der Waals surface area contributed by atoms with Crippen LogP contribution >= 0.6 is 11.3 Å². The SMILES string of the molecule is CCc1ccsc1C(O)Cc1ncnn1CC. The van der Waals surface area contributed by atoms with Crippen LogP contribution in [0, 0.1) is 0 Å². The van der Waals surface area contributed by atoms with Crippen LogP contribution in [-0.2, 0) is 19.4 Å². The molecule has 0 bridgehead atoms. The highest BCUT2D eigenvalue weighted by Crippen LogP contribution is 2.27. The molecule has 0 spiro atoms. The number of nitrogens with zero attached hydrogens (tertiary/aromatic N) is 3. The number of hydrogen-bond acceptors (Lipinski definition) is 4. The lowest BCUT2D eigenvalue weighted by molar-refractivity contribution is 0.177. The summed E-state index contributed by atoms with van der Waals surface area (Å²) in [6.45, 7) is 4.91. The molecule has 2 aromatic heterocycles. The summed E-state index contributed by atoms with van der Waals surface area (Å²) in [7, 11) is 0. The number of rotatable bonds is 5. The van der Waals surface area contributed by atoms with Gasteiger partial charge in [-0.2, -0.15) is 5.10 Å². The Hall–Kier alpha value is -1.20. The van der Waals surface area contributed by atoms with E-state index in [1.165, 1.54) is 5.56 Å². The molecule has 2 rings (SSSR count). The Bertz CT molecular complexity index is 478. The fourth-order valence-corrected chi connectivity index (χ4v) is 2.89. The minimum atomic E-state index is -0.473. The molecule has 0 aromatic carbocycles. The molecule has 1 N–H and O–H groups in total. The molecule has 0 saturated carbocycles. The summed E-state index contributed by atoms with van der Waals surface area (Å²) < 4.78 is 1.82. The van der Waals surface area contributed by atoms with E-state index in [-0.39, 0.29) is 0 Å². The molecule has 0 fully saturated rings. The molecule has 2 aromatic rings. The van der Waals surface area contributed by atoms with E-state index in [2.05, 4.69) is 23.1 Å². The molecular formula is C12H17N3OS. The van der Waals surface area contributed by atoms with Crippen molar-refractivity contribution in [1.29, 1.82) is 0 Å². The van der Waals surface area contributed by atoms with E-state index in [0.29, 0.717) is 6.42 Å². The molecule has 0 radical (unpaired) electrons. The number of hydrogen-bond donors (Lipinski definition) is 1. The van der Waals surface area contributed by atoms with Gasteiger partial charge >= 0.3 is 0 Å². The van der Waals surface area contributed by atoms with Gasteiger partial charge in [0.1, 0.15) is 12.2 Å². The van der Waals surface area contributed by atoms with E-state index < -0.39 is 6.10 Å². The summed E-state index contributed by atoms with van der Waals surface area (Å²) in [5.74, 6) is 0.843. The molecule has 0 aliphatic heterocycles. The minimum Gasteiger partial charge on any atom is -0.387 e. The van der Waals surface area contributed by atoms with Crippen molar-refractivity contribution < 1.29 is 5.11 Å². The van der Waals surface area contributed by atoms with E-state index in [4.69, 9.17) is 0 Å². The molecule has 1 unspecified atom stereocenters. The second-order valence-corrected chi connectivity index (χ2v) is 4.82. The van der Waals surface area contributed by atoms with Crippen LogP contribution < -0.4 is 0 Å². The molecule has 92 valence electrons. The fourth-order valence-electron chi connectivity index (χ4n) is 1.91. The monoisotopic (exact) mass is 251 g/mol. The van der Waals surface area contributed by atoms with Crippen molar-refractivity contribution in [2.24, 2.45) is 0 Å². The van der Waals surface area contributed by atoms with Crippen LogP contribution in [0.2, 0.25) is 0 Å². The maximum Gasteiger partial charge on any atom is 0.138 e. The standard InChI is InChI=1S/C12H17N3OS/c1-3-9-5-6-17-12(9)10(16)7-11-13-8-14-15(11)4-2/h5-6,8,10,16H,3-4,7H2,1-2H3. The zero-order valence-electron chi connectivity index (χ0n) is 10.1. The first-order valence-electron chi connectivity index (χ1n) is 5.87. The van der Waals surface area contributed by atoms with Gasteiger partial charge in [0.05, 0.1) is 6.10 Å². The van der Waals surface area contributed by atoms with E-state index in [1.54, 1.807) is 17.7 Å². The third kappa shape index (κ3) is 2.56. The summed E-state index contributed by atoms with van der Waals surface area (Å²) in [4.78, 5) is 5.24. The lowest BCUT2D eigenvalue weighted by Crippen LogP contribution is -2.09. The van der Waals surface area contributed by atoms with Gasteiger partial charge in [0.25, 0.3) is 0 Å². The lowest BCUT2D eigenvalue weighted by atomic mass is 10.1. The highest BCUT2D eigenvalue weighted by molar-refractivity contribution is 7.10. The van der Waals surface area contributed by atoms with E-state index in [9.17, 15) is 5.11 Å². The molecule has 17 heavy (non-hydrogen) atoms. The largest absolute Gasteiger partial charge is 0.387 e. The quantitative estimate of drug-likeness (QED) is 0.886. The predicted molar refractivity (Wildman–Crippen MR) is 68.1 cm³/mol. The Balaban J connectivity index is 2.14. The number of aliphatic hydroxyl groups excluding tert-OH is 1. The fraction of sp³-hybridized carbons (Fsp3) is 0.500. The summed E-state index contributed by atoms with van der Waals surface area (Å²) in [6.07, 6.45) is 2.55. The highest BCUT2D eigenvalue weighted by atomic mass is 32.1. The first-order chi connectivity index (χ1) is 8.26. The average Bonchev–Trinajstić information content (AvgIpc) is 2.96. The third-order valence-corrected chi connectivity index (χ3v) is 3.90. The number of thiophene rings is 1. The van der Waals surface area contributed by atoms with E-state index >= 15 is 0 Å². The predicted octanol–water partition coefficient (Wildman–Crippen LogP) is 2.20. The van der Waals surface area contributed by atoms with Gasteiger partial charge in [0, 0.05) is 17.8 Å². The number of aromatic nitrogens is 3. The first kappa shape index (κ1) is 12.3. The average molecular weight is 251 g/mol. The van der Waals surface area contributed by atoms with Crippen LogP contribution in [0.4, 0.5) is 0 Å². The molecule has 4 nitrogen and oxygen atoms in total. The Morgan fingerprint density at radius 2 is 2.29 bits per heavy atom. The molecule has 5 heteroatoms. The van der Waals surface area contributed by atoms with Crippen LogP contribution in [0.5, 0.6) is 0 Å². The van der Waals surface area contributed by atoms with Gasteiger partial charge < -0.3 is 5.11 Å². The third-order valence-electron chi connectivity index (χ3n) is 2.84. The van der Waals surface area contributed by atoms with Crippen molar-refractivity contribution in [2.45, 2.75) is 39.3 Å². The molecule has 0 aliphatic carbocycles. The first-order valence-corrected chi connectivity index (χ1v) is 6.75. The van der Waals surface area contributed by atoms with Gasteiger partial charge in [-0.15, -0.1) is 11.3 Å². The van der Waals surface area contributed by atoms with Gasteiger partial charge in [0.15, 0.2) is 0 Å². The van der Waals surface area contributed by atoms with Crippen LogP contribution in [0.1, 0.15) is 36.2 Å². The van der Waals surface area contributed by atoms with Crippen LogP contribution in [-0.4, -0.2) is 19.9 Å². The summed E-state index contributed by atoms with van der Waals surface area (Å²) in [5.41, 5.74) is 1.23. The number of aryl methyl sites for hydroxylation is 2. The van der Waals surface area contributed by atoms with Crippen molar-refractivity contribution in [2.75, 3.05) is 0 Å². The van der Waals surface area contributed by atoms with Gasteiger partial charge in [-0.25, -0.2) is 4.98 Å². The molecular weight excluding hydrogens is 234 g/mol. The van der Waals surface area contributed by atoms with Gasteiger partial charge in [-0.1, -0.05) is 6.92 Å². The minimum absolute atomic E-state index is 0.473. The maximum atomic E-state index is 10.2. The van der Waals surface area contributed by atoms with Crippen LogP contribution in [0.15, 0.2) is 17.8 Å².